The molecular weight excluding hydrogens is 306 g/mol. The van der Waals surface area contributed by atoms with Crippen LogP contribution in [0.2, 0.25) is 0 Å². The van der Waals surface area contributed by atoms with E-state index in [1.54, 1.807) is 12.1 Å². The number of benzene rings is 1. The monoisotopic (exact) mass is 323 g/mol. The van der Waals surface area contributed by atoms with Crippen LogP contribution in [0.4, 0.5) is 5.69 Å². The largest absolute Gasteiger partial charge is 0.469 e. The number of rotatable bonds is 2. The summed E-state index contributed by atoms with van der Waals surface area (Å²) in [6, 6.07) is 3.58. The number of hydrogen-bond donors (Lipinski definition) is 0. The van der Waals surface area contributed by atoms with Gasteiger partial charge in [-0.25, -0.2) is 8.42 Å². The van der Waals surface area contributed by atoms with E-state index < -0.39 is 15.8 Å². The number of nitrogens with zero attached hydrogens (tertiary/aromatic N) is 1. The summed E-state index contributed by atoms with van der Waals surface area (Å²) in [4.78, 5) is 25.5. The van der Waals surface area contributed by atoms with Crippen molar-refractivity contribution in [3.05, 3.63) is 23.3 Å². The van der Waals surface area contributed by atoms with Gasteiger partial charge in [0.05, 0.1) is 17.8 Å². The SMILES string of the molecule is COC(=O)CC(=O)N1CCCc2c1ccc1c2S(=O)(=O)CC1. The first-order chi connectivity index (χ1) is 10.4. The highest BCUT2D eigenvalue weighted by Gasteiger charge is 2.34. The standard InChI is InChI=1S/C15H17NO5S/c1-21-14(18)9-13(17)16-7-2-3-11-12(16)5-4-10-6-8-22(19,20)15(10)11/h4-5H,2-3,6-9H2,1H3. The summed E-state index contributed by atoms with van der Waals surface area (Å²) in [5, 5.41) is 0. The van der Waals surface area contributed by atoms with Gasteiger partial charge in [-0.05, 0) is 36.5 Å². The predicted octanol–water partition coefficient (Wildman–Crippen LogP) is 0.859. The zero-order valence-electron chi connectivity index (χ0n) is 12.3. The highest BCUT2D eigenvalue weighted by Crippen LogP contribution is 2.38. The summed E-state index contributed by atoms with van der Waals surface area (Å²) < 4.78 is 29.0. The Bertz CT molecular complexity index is 753. The molecule has 6 nitrogen and oxygen atoms in total. The van der Waals surface area contributed by atoms with E-state index >= 15 is 0 Å². The van der Waals surface area contributed by atoms with Gasteiger partial charge in [-0.1, -0.05) is 6.07 Å². The Balaban J connectivity index is 2.02. The van der Waals surface area contributed by atoms with Gasteiger partial charge in [0.2, 0.25) is 5.91 Å². The molecule has 2 aliphatic heterocycles. The highest BCUT2D eigenvalue weighted by molar-refractivity contribution is 7.91. The maximum Gasteiger partial charge on any atom is 0.315 e. The highest BCUT2D eigenvalue weighted by atomic mass is 32.2. The topological polar surface area (TPSA) is 80.8 Å². The van der Waals surface area contributed by atoms with Gasteiger partial charge >= 0.3 is 5.97 Å². The van der Waals surface area contributed by atoms with Crippen molar-refractivity contribution in [3.63, 3.8) is 0 Å². The van der Waals surface area contributed by atoms with Crippen molar-refractivity contribution in [2.24, 2.45) is 0 Å². The Kier molecular flexibility index (Phi) is 3.68. The molecule has 0 bridgehead atoms. The van der Waals surface area contributed by atoms with E-state index in [-0.39, 0.29) is 18.1 Å². The lowest BCUT2D eigenvalue weighted by Crippen LogP contribution is -2.37. The number of aryl methyl sites for hydroxylation is 1. The molecule has 2 heterocycles. The van der Waals surface area contributed by atoms with E-state index in [2.05, 4.69) is 4.74 Å². The number of carbonyl (C=O) groups is 2. The van der Waals surface area contributed by atoms with Crippen LogP contribution in [0.1, 0.15) is 24.0 Å². The third-order valence-corrected chi connectivity index (χ3v) is 6.06. The van der Waals surface area contributed by atoms with Crippen LogP contribution in [0.5, 0.6) is 0 Å². The Morgan fingerprint density at radius 3 is 2.77 bits per heavy atom. The van der Waals surface area contributed by atoms with Crippen molar-refractivity contribution in [1.82, 2.24) is 0 Å². The van der Waals surface area contributed by atoms with Gasteiger partial charge in [-0.3, -0.25) is 9.59 Å². The summed E-state index contributed by atoms with van der Waals surface area (Å²) in [5.41, 5.74) is 2.17. The lowest BCUT2D eigenvalue weighted by molar-refractivity contribution is -0.143. The van der Waals surface area contributed by atoms with Crippen molar-refractivity contribution in [1.29, 1.82) is 0 Å². The van der Waals surface area contributed by atoms with Crippen molar-refractivity contribution in [2.45, 2.75) is 30.6 Å². The van der Waals surface area contributed by atoms with Crippen molar-refractivity contribution < 1.29 is 22.7 Å². The van der Waals surface area contributed by atoms with Crippen LogP contribution in [0, 0.1) is 0 Å². The third-order valence-electron chi connectivity index (χ3n) is 4.19. The summed E-state index contributed by atoms with van der Waals surface area (Å²) in [7, 11) is -2.02. The number of amides is 1. The second-order valence-electron chi connectivity index (χ2n) is 5.52. The number of anilines is 1. The molecule has 118 valence electrons. The van der Waals surface area contributed by atoms with E-state index in [0.29, 0.717) is 36.4 Å². The molecule has 2 aliphatic rings. The average Bonchev–Trinajstić information content (AvgIpc) is 2.82. The fraction of sp³-hybridized carbons (Fsp3) is 0.467. The van der Waals surface area contributed by atoms with Gasteiger partial charge < -0.3 is 9.64 Å². The predicted molar refractivity (Wildman–Crippen MR) is 79.5 cm³/mol. The maximum absolute atomic E-state index is 12.3. The Labute approximate surface area is 129 Å². The lowest BCUT2D eigenvalue weighted by atomic mass is 9.98. The first-order valence-corrected chi connectivity index (χ1v) is 8.84. The van der Waals surface area contributed by atoms with Crippen LogP contribution in [-0.2, 0) is 37.0 Å². The second kappa shape index (κ2) is 5.39. The fourth-order valence-corrected chi connectivity index (χ4v) is 5.02. The molecule has 0 spiro atoms. The van der Waals surface area contributed by atoms with Gasteiger partial charge in [0.25, 0.3) is 0 Å². The molecule has 0 fully saturated rings. The lowest BCUT2D eigenvalue weighted by Gasteiger charge is -2.30. The van der Waals surface area contributed by atoms with E-state index in [0.717, 1.165) is 11.1 Å². The van der Waals surface area contributed by atoms with E-state index in [9.17, 15) is 18.0 Å². The molecular formula is C15H17NO5S. The number of sulfone groups is 1. The van der Waals surface area contributed by atoms with Crippen molar-refractivity contribution >= 4 is 27.4 Å². The number of hydrogen-bond acceptors (Lipinski definition) is 5. The van der Waals surface area contributed by atoms with E-state index in [1.165, 1.54) is 12.0 Å². The van der Waals surface area contributed by atoms with Gasteiger partial charge in [0.15, 0.2) is 9.84 Å². The number of methoxy groups -OCH3 is 1. The zero-order chi connectivity index (χ0) is 15.9. The molecule has 0 radical (unpaired) electrons. The Morgan fingerprint density at radius 2 is 2.05 bits per heavy atom. The van der Waals surface area contributed by atoms with Crippen molar-refractivity contribution in [2.75, 3.05) is 24.3 Å². The first kappa shape index (κ1) is 15.0. The number of fused-ring (bicyclic) bond motifs is 3. The molecule has 0 saturated heterocycles. The zero-order valence-corrected chi connectivity index (χ0v) is 13.1. The van der Waals surface area contributed by atoms with Crippen LogP contribution < -0.4 is 4.90 Å². The average molecular weight is 323 g/mol. The third kappa shape index (κ3) is 2.39. The Hall–Kier alpha value is -1.89. The molecule has 1 aromatic rings. The molecule has 0 N–H and O–H groups in total. The van der Waals surface area contributed by atoms with Crippen LogP contribution in [-0.4, -0.2) is 39.7 Å². The molecule has 22 heavy (non-hydrogen) atoms. The molecule has 0 aliphatic carbocycles. The molecule has 1 aromatic carbocycles. The van der Waals surface area contributed by atoms with Crippen LogP contribution in [0.15, 0.2) is 17.0 Å². The quantitative estimate of drug-likeness (QED) is 0.595. The normalized spacial score (nSPS) is 18.5. The molecule has 0 atom stereocenters. The summed E-state index contributed by atoms with van der Waals surface area (Å²) in [5.74, 6) is -0.816. The molecule has 7 heteroatoms. The maximum atomic E-state index is 12.3. The van der Waals surface area contributed by atoms with Gasteiger partial charge in [0.1, 0.15) is 6.42 Å². The summed E-state index contributed by atoms with van der Waals surface area (Å²) in [6.45, 7) is 0.488. The number of ether oxygens (including phenoxy) is 1. The molecule has 0 saturated carbocycles. The van der Waals surface area contributed by atoms with Crippen LogP contribution in [0.3, 0.4) is 0 Å². The van der Waals surface area contributed by atoms with Gasteiger partial charge in [-0.15, -0.1) is 0 Å². The minimum Gasteiger partial charge on any atom is -0.469 e. The molecule has 1 amide bonds. The number of esters is 1. The molecule has 0 unspecified atom stereocenters. The fourth-order valence-electron chi connectivity index (χ4n) is 3.18. The minimum absolute atomic E-state index is 0.134. The first-order valence-electron chi connectivity index (χ1n) is 7.19. The second-order valence-corrected chi connectivity index (χ2v) is 7.57. The van der Waals surface area contributed by atoms with Crippen LogP contribution >= 0.6 is 0 Å². The molecule has 0 aromatic heterocycles. The minimum atomic E-state index is -3.25. The summed E-state index contributed by atoms with van der Waals surface area (Å²) in [6.07, 6.45) is 1.52. The van der Waals surface area contributed by atoms with E-state index in [1.807, 2.05) is 0 Å². The van der Waals surface area contributed by atoms with Crippen LogP contribution in [0.25, 0.3) is 0 Å². The van der Waals surface area contributed by atoms with Gasteiger partial charge in [0, 0.05) is 12.2 Å². The summed E-state index contributed by atoms with van der Waals surface area (Å²) >= 11 is 0. The number of carbonyl (C=O) groups excluding carboxylic acids is 2. The van der Waals surface area contributed by atoms with Gasteiger partial charge in [-0.2, -0.15) is 0 Å². The Morgan fingerprint density at radius 1 is 1.27 bits per heavy atom. The van der Waals surface area contributed by atoms with E-state index in [4.69, 9.17) is 0 Å². The van der Waals surface area contributed by atoms with Crippen molar-refractivity contribution in [3.8, 4) is 0 Å². The molecule has 3 rings (SSSR count). The smallest absolute Gasteiger partial charge is 0.315 e.